The number of hydrogen-bond donors (Lipinski definition) is 2. The standard InChI is InChI=1S/C12H22N2O3/c1-4-6-14(7-5-2)12(17)13-9-10(3)8-11(15)16/h4,10H,1,5-9H2,2-3H3,(H,13,17)(H,15,16). The Balaban J connectivity index is 4.03. The molecule has 1 unspecified atom stereocenters. The molecule has 1 atom stereocenters. The van der Waals surface area contributed by atoms with Gasteiger partial charge in [0.25, 0.3) is 0 Å². The Morgan fingerprint density at radius 1 is 1.53 bits per heavy atom. The van der Waals surface area contributed by atoms with Gasteiger partial charge in [0.2, 0.25) is 0 Å². The van der Waals surface area contributed by atoms with E-state index in [9.17, 15) is 9.59 Å². The topological polar surface area (TPSA) is 69.6 Å². The number of carboxylic acid groups (broad SMARTS) is 1. The van der Waals surface area contributed by atoms with E-state index in [0.717, 1.165) is 6.42 Å². The van der Waals surface area contributed by atoms with Crippen LogP contribution in [0.15, 0.2) is 12.7 Å². The second kappa shape index (κ2) is 8.61. The highest BCUT2D eigenvalue weighted by molar-refractivity contribution is 5.74. The van der Waals surface area contributed by atoms with Crippen molar-refractivity contribution in [2.24, 2.45) is 5.92 Å². The fourth-order valence-corrected chi connectivity index (χ4v) is 1.45. The summed E-state index contributed by atoms with van der Waals surface area (Å²) in [7, 11) is 0. The number of nitrogens with one attached hydrogen (secondary N) is 1. The zero-order chi connectivity index (χ0) is 13.3. The van der Waals surface area contributed by atoms with Crippen molar-refractivity contribution in [1.82, 2.24) is 10.2 Å². The summed E-state index contributed by atoms with van der Waals surface area (Å²) >= 11 is 0. The molecule has 0 aromatic rings. The van der Waals surface area contributed by atoms with Crippen LogP contribution < -0.4 is 5.32 Å². The molecule has 0 aliphatic rings. The number of carboxylic acids is 1. The van der Waals surface area contributed by atoms with Crippen LogP contribution in [0.5, 0.6) is 0 Å². The van der Waals surface area contributed by atoms with Crippen molar-refractivity contribution in [3.8, 4) is 0 Å². The van der Waals surface area contributed by atoms with Gasteiger partial charge < -0.3 is 15.3 Å². The molecule has 0 rings (SSSR count). The van der Waals surface area contributed by atoms with E-state index in [-0.39, 0.29) is 18.4 Å². The third-order valence-corrected chi connectivity index (χ3v) is 2.26. The largest absolute Gasteiger partial charge is 0.481 e. The monoisotopic (exact) mass is 242 g/mol. The first-order valence-electron chi connectivity index (χ1n) is 5.86. The van der Waals surface area contributed by atoms with Gasteiger partial charge in [0, 0.05) is 26.1 Å². The fraction of sp³-hybridized carbons (Fsp3) is 0.667. The molecule has 0 radical (unpaired) electrons. The van der Waals surface area contributed by atoms with Gasteiger partial charge >= 0.3 is 12.0 Å². The van der Waals surface area contributed by atoms with Gasteiger partial charge in [-0.05, 0) is 12.3 Å². The van der Waals surface area contributed by atoms with Gasteiger partial charge in [-0.2, -0.15) is 0 Å². The molecular weight excluding hydrogens is 220 g/mol. The molecule has 17 heavy (non-hydrogen) atoms. The average molecular weight is 242 g/mol. The molecule has 5 nitrogen and oxygen atoms in total. The highest BCUT2D eigenvalue weighted by Crippen LogP contribution is 2.00. The van der Waals surface area contributed by atoms with Crippen LogP contribution >= 0.6 is 0 Å². The van der Waals surface area contributed by atoms with Crippen molar-refractivity contribution in [2.75, 3.05) is 19.6 Å². The number of carbonyl (C=O) groups is 2. The van der Waals surface area contributed by atoms with E-state index in [0.29, 0.717) is 19.6 Å². The Morgan fingerprint density at radius 2 is 2.18 bits per heavy atom. The third-order valence-electron chi connectivity index (χ3n) is 2.26. The molecule has 0 heterocycles. The maximum atomic E-state index is 11.7. The molecule has 0 spiro atoms. The Hall–Kier alpha value is -1.52. The smallest absolute Gasteiger partial charge is 0.317 e. The number of urea groups is 1. The van der Waals surface area contributed by atoms with Crippen LogP contribution in [0, 0.1) is 5.92 Å². The summed E-state index contributed by atoms with van der Waals surface area (Å²) in [5.74, 6) is -0.910. The van der Waals surface area contributed by atoms with Crippen molar-refractivity contribution < 1.29 is 14.7 Å². The first-order valence-corrected chi connectivity index (χ1v) is 5.86. The lowest BCUT2D eigenvalue weighted by atomic mass is 10.1. The second-order valence-electron chi connectivity index (χ2n) is 4.12. The van der Waals surface area contributed by atoms with E-state index in [1.54, 1.807) is 17.9 Å². The molecule has 0 saturated carbocycles. The zero-order valence-corrected chi connectivity index (χ0v) is 10.6. The Morgan fingerprint density at radius 3 is 2.65 bits per heavy atom. The minimum absolute atomic E-state index is 0.0650. The maximum Gasteiger partial charge on any atom is 0.317 e. The van der Waals surface area contributed by atoms with Crippen LogP contribution in [-0.4, -0.2) is 41.6 Å². The number of rotatable bonds is 8. The molecule has 0 saturated heterocycles. The van der Waals surface area contributed by atoms with E-state index in [2.05, 4.69) is 11.9 Å². The summed E-state index contributed by atoms with van der Waals surface area (Å²) in [4.78, 5) is 23.8. The van der Waals surface area contributed by atoms with E-state index >= 15 is 0 Å². The molecule has 2 N–H and O–H groups in total. The van der Waals surface area contributed by atoms with Gasteiger partial charge in [-0.3, -0.25) is 4.79 Å². The summed E-state index contributed by atoms with van der Waals surface area (Å²) in [5, 5.41) is 11.3. The van der Waals surface area contributed by atoms with Crippen LogP contribution in [0.3, 0.4) is 0 Å². The molecule has 2 amide bonds. The predicted octanol–water partition coefficient (Wildman–Crippen LogP) is 1.70. The normalized spacial score (nSPS) is 11.6. The van der Waals surface area contributed by atoms with Crippen LogP contribution in [0.2, 0.25) is 0 Å². The van der Waals surface area contributed by atoms with Crippen molar-refractivity contribution >= 4 is 12.0 Å². The van der Waals surface area contributed by atoms with Gasteiger partial charge in [0.15, 0.2) is 0 Å². The van der Waals surface area contributed by atoms with Gasteiger partial charge in [-0.1, -0.05) is 19.9 Å². The summed E-state index contributed by atoms with van der Waals surface area (Å²) in [6, 6.07) is -0.163. The lowest BCUT2D eigenvalue weighted by Crippen LogP contribution is -2.42. The lowest BCUT2D eigenvalue weighted by Gasteiger charge is -2.21. The minimum Gasteiger partial charge on any atom is -0.481 e. The van der Waals surface area contributed by atoms with Crippen molar-refractivity contribution in [1.29, 1.82) is 0 Å². The molecule has 0 fully saturated rings. The van der Waals surface area contributed by atoms with Crippen molar-refractivity contribution in [3.05, 3.63) is 12.7 Å². The van der Waals surface area contributed by atoms with E-state index < -0.39 is 5.97 Å². The molecule has 0 aromatic heterocycles. The molecular formula is C12H22N2O3. The van der Waals surface area contributed by atoms with Crippen LogP contribution in [0.4, 0.5) is 4.79 Å². The van der Waals surface area contributed by atoms with Crippen molar-refractivity contribution in [2.45, 2.75) is 26.7 Å². The second-order valence-corrected chi connectivity index (χ2v) is 4.12. The first-order chi connectivity index (χ1) is 8.01. The maximum absolute atomic E-state index is 11.7. The lowest BCUT2D eigenvalue weighted by molar-refractivity contribution is -0.137. The third kappa shape index (κ3) is 7.38. The Labute approximate surface area is 102 Å². The van der Waals surface area contributed by atoms with E-state index in [1.165, 1.54) is 0 Å². The van der Waals surface area contributed by atoms with Gasteiger partial charge in [0.1, 0.15) is 0 Å². The molecule has 0 bridgehead atoms. The van der Waals surface area contributed by atoms with Gasteiger partial charge in [0.05, 0.1) is 0 Å². The summed E-state index contributed by atoms with van der Waals surface area (Å²) in [6.45, 7) is 8.95. The molecule has 0 aliphatic heterocycles. The number of amides is 2. The Bertz CT molecular complexity index is 266. The first kappa shape index (κ1) is 15.5. The fourth-order valence-electron chi connectivity index (χ4n) is 1.45. The van der Waals surface area contributed by atoms with Crippen LogP contribution in [0.1, 0.15) is 26.7 Å². The average Bonchev–Trinajstić information content (AvgIpc) is 2.24. The Kier molecular flexibility index (Phi) is 7.84. The minimum atomic E-state index is -0.844. The van der Waals surface area contributed by atoms with Gasteiger partial charge in [-0.15, -0.1) is 6.58 Å². The van der Waals surface area contributed by atoms with E-state index in [4.69, 9.17) is 5.11 Å². The highest BCUT2D eigenvalue weighted by atomic mass is 16.4. The number of aliphatic carboxylic acids is 1. The number of hydrogen-bond acceptors (Lipinski definition) is 2. The summed E-state index contributed by atoms with van der Waals surface area (Å²) in [6.07, 6.45) is 2.62. The summed E-state index contributed by atoms with van der Waals surface area (Å²) < 4.78 is 0. The van der Waals surface area contributed by atoms with Gasteiger partial charge in [-0.25, -0.2) is 4.79 Å². The van der Waals surface area contributed by atoms with Crippen molar-refractivity contribution in [3.63, 3.8) is 0 Å². The molecule has 98 valence electrons. The van der Waals surface area contributed by atoms with Crippen LogP contribution in [-0.2, 0) is 4.79 Å². The summed E-state index contributed by atoms with van der Waals surface area (Å²) in [5.41, 5.74) is 0. The number of carbonyl (C=O) groups excluding carboxylic acids is 1. The number of nitrogens with zero attached hydrogens (tertiary/aromatic N) is 1. The quantitative estimate of drug-likeness (QED) is 0.636. The highest BCUT2D eigenvalue weighted by Gasteiger charge is 2.13. The molecule has 0 aromatic carbocycles. The zero-order valence-electron chi connectivity index (χ0n) is 10.6. The molecule has 0 aliphatic carbocycles. The molecule has 5 heteroatoms. The van der Waals surface area contributed by atoms with E-state index in [1.807, 2.05) is 6.92 Å². The SMILES string of the molecule is C=CCN(CCC)C(=O)NCC(C)CC(=O)O. The van der Waals surface area contributed by atoms with Crippen LogP contribution in [0.25, 0.3) is 0 Å². The predicted molar refractivity (Wildman–Crippen MR) is 66.9 cm³/mol.